The molecule has 0 aromatic heterocycles. The van der Waals surface area contributed by atoms with Crippen LogP contribution in [0.3, 0.4) is 0 Å². The summed E-state index contributed by atoms with van der Waals surface area (Å²) in [5.74, 6) is -1.73. The second kappa shape index (κ2) is 19.3. The van der Waals surface area contributed by atoms with Gasteiger partial charge in [0.05, 0.1) is 62.7 Å². The molecule has 0 atom stereocenters. The highest BCUT2D eigenvalue weighted by Gasteiger charge is 2.29. The molecule has 0 spiro atoms. The molecule has 0 N–H and O–H groups in total. The van der Waals surface area contributed by atoms with Gasteiger partial charge in [0.25, 0.3) is 0 Å². The number of hydrogen-bond donors (Lipinski definition) is 0. The molecule has 12 rings (SSSR count). The first kappa shape index (κ1) is 36.1. The first-order valence-corrected chi connectivity index (χ1v) is 23.5. The molecule has 354 valence electrons. The van der Waals surface area contributed by atoms with Gasteiger partial charge in [-0.05, 0) is 103 Å². The largest absolute Gasteiger partial charge is 0.307 e. The molecule has 0 aliphatic heterocycles. The van der Waals surface area contributed by atoms with Crippen LogP contribution >= 0.6 is 0 Å². The maximum atomic E-state index is 18.0. The van der Waals surface area contributed by atoms with Gasteiger partial charge in [-0.2, -0.15) is 0 Å². The van der Waals surface area contributed by atoms with E-state index in [1.165, 1.54) is 21.9 Å². The van der Waals surface area contributed by atoms with E-state index in [1.807, 2.05) is 0 Å². The van der Waals surface area contributed by atoms with Crippen LogP contribution in [0.4, 0.5) is 65.7 Å². The lowest BCUT2D eigenvalue weighted by atomic mass is 9.89. The molecule has 0 aliphatic rings. The standard InChI is InChI=1S/C68H38F2N6/c1-71-49-27-15-43(16-28-49)55-37-39-59(69)67(65(55)47-19-31-51(73-3)32-20-47)75(53-11-7-5-8-12-53)61-41-25-45-24-36-58-62(42-26-46-23-35-57(61)63(45)64(46)58)76(54-13-9-6-10-14-54)68-60(70)40-38-56(44-17-29-50(72-2)30-18-44)66(68)48-21-33-52(74-4)34-22-48/h5-42H/i5D,6D,7D,8D,9D,10D,11D,12D,13D,14D. The maximum Gasteiger partial charge on any atom is 0.187 e. The molecule has 0 radical (unpaired) electrons. The van der Waals surface area contributed by atoms with E-state index < -0.39 is 83.4 Å². The number of halogens is 2. The zero-order valence-electron chi connectivity index (χ0n) is 49.6. The maximum absolute atomic E-state index is 18.0. The summed E-state index contributed by atoms with van der Waals surface area (Å²) < 4.78 is 127. The second-order valence-electron chi connectivity index (χ2n) is 17.5. The van der Waals surface area contributed by atoms with Crippen LogP contribution < -0.4 is 9.80 Å². The molecule has 0 saturated heterocycles. The number of nitrogens with zero attached hydrogens (tertiary/aromatic N) is 6. The molecule has 8 heteroatoms. The lowest BCUT2D eigenvalue weighted by Gasteiger charge is -2.32. The summed E-state index contributed by atoms with van der Waals surface area (Å²) in [5.41, 5.74) is 3.37. The van der Waals surface area contributed by atoms with Gasteiger partial charge in [-0.1, -0.05) is 182 Å². The van der Waals surface area contributed by atoms with Crippen molar-refractivity contribution in [2.45, 2.75) is 0 Å². The number of para-hydroxylation sites is 2. The van der Waals surface area contributed by atoms with Gasteiger partial charge in [0, 0.05) is 33.3 Å². The number of hydrogen-bond acceptors (Lipinski definition) is 2. The minimum absolute atomic E-state index is 0.143. The van der Waals surface area contributed by atoms with Crippen molar-refractivity contribution < 1.29 is 22.5 Å². The highest BCUT2D eigenvalue weighted by atomic mass is 19.1. The molecule has 0 bridgehead atoms. The van der Waals surface area contributed by atoms with Crippen molar-refractivity contribution in [1.29, 1.82) is 0 Å². The Morgan fingerprint density at radius 3 is 0.987 bits per heavy atom. The van der Waals surface area contributed by atoms with Gasteiger partial charge in [-0.15, -0.1) is 0 Å². The van der Waals surface area contributed by atoms with E-state index in [4.69, 9.17) is 34.5 Å². The van der Waals surface area contributed by atoms with Crippen molar-refractivity contribution in [3.8, 4) is 44.5 Å². The summed E-state index contributed by atoms with van der Waals surface area (Å²) >= 11 is 0. The predicted octanol–water partition coefficient (Wildman–Crippen LogP) is 20.7. The van der Waals surface area contributed by atoms with Crippen molar-refractivity contribution in [1.82, 2.24) is 0 Å². The van der Waals surface area contributed by atoms with E-state index in [0.29, 0.717) is 77.1 Å². The minimum Gasteiger partial charge on any atom is -0.307 e. The van der Waals surface area contributed by atoms with Gasteiger partial charge in [0.15, 0.2) is 22.7 Å². The minimum atomic E-state index is -0.865. The summed E-state index contributed by atoms with van der Waals surface area (Å²) in [6.45, 7) is 30.7. The summed E-state index contributed by atoms with van der Waals surface area (Å²) in [6.07, 6.45) is 0. The highest BCUT2D eigenvalue weighted by molar-refractivity contribution is 6.28. The van der Waals surface area contributed by atoms with E-state index in [9.17, 15) is 5.48 Å². The fourth-order valence-corrected chi connectivity index (χ4v) is 10.0. The normalized spacial score (nSPS) is 12.8. The molecule has 12 aromatic carbocycles. The molecule has 0 amide bonds. The molecule has 6 nitrogen and oxygen atoms in total. The van der Waals surface area contributed by atoms with Gasteiger partial charge >= 0.3 is 0 Å². The van der Waals surface area contributed by atoms with Crippen molar-refractivity contribution in [3.63, 3.8) is 0 Å². The van der Waals surface area contributed by atoms with Crippen LogP contribution in [0.25, 0.3) is 96.2 Å². The molecule has 12 aromatic rings. The Morgan fingerprint density at radius 1 is 0.342 bits per heavy atom. The first-order valence-electron chi connectivity index (χ1n) is 28.5. The van der Waals surface area contributed by atoms with Crippen LogP contribution in [0.1, 0.15) is 13.7 Å². The van der Waals surface area contributed by atoms with Crippen molar-refractivity contribution in [2.75, 3.05) is 9.80 Å². The molecule has 76 heavy (non-hydrogen) atoms. The Labute approximate surface area is 452 Å². The Hall–Kier alpha value is -10.9. The van der Waals surface area contributed by atoms with Crippen LogP contribution in [0, 0.1) is 37.9 Å². The number of anilines is 6. The Morgan fingerprint density at radius 2 is 0.658 bits per heavy atom. The van der Waals surface area contributed by atoms with E-state index in [1.54, 1.807) is 158 Å². The van der Waals surface area contributed by atoms with Crippen molar-refractivity contribution >= 4 is 89.2 Å². The third-order valence-electron chi connectivity index (χ3n) is 13.4. The first-order chi connectivity index (χ1) is 41.5. The Balaban J connectivity index is 1.21. The fraction of sp³-hybridized carbons (Fsp3) is 0. The van der Waals surface area contributed by atoms with Crippen LogP contribution in [-0.4, -0.2) is 0 Å². The zero-order valence-corrected chi connectivity index (χ0v) is 39.6. The summed E-state index contributed by atoms with van der Waals surface area (Å²) in [7, 11) is 0. The predicted molar refractivity (Wildman–Crippen MR) is 306 cm³/mol. The van der Waals surface area contributed by atoms with Crippen molar-refractivity contribution in [3.05, 3.63) is 288 Å². The summed E-state index contributed by atoms with van der Waals surface area (Å²) in [5, 5.41) is 2.95. The van der Waals surface area contributed by atoms with E-state index in [2.05, 4.69) is 19.4 Å². The molecular weight excluding hydrogens is 939 g/mol. The van der Waals surface area contributed by atoms with Gasteiger partial charge in [0.2, 0.25) is 0 Å². The lowest BCUT2D eigenvalue weighted by molar-refractivity contribution is 0.629. The molecule has 0 saturated carbocycles. The van der Waals surface area contributed by atoms with Crippen LogP contribution in [-0.2, 0) is 0 Å². The van der Waals surface area contributed by atoms with Gasteiger partial charge < -0.3 is 9.80 Å². The quantitative estimate of drug-likeness (QED) is 0.101. The van der Waals surface area contributed by atoms with Gasteiger partial charge in [0.1, 0.15) is 11.6 Å². The average Bonchev–Trinajstić information content (AvgIpc) is 0.759. The third kappa shape index (κ3) is 7.94. The monoisotopic (exact) mass is 986 g/mol. The average molecular weight is 987 g/mol. The van der Waals surface area contributed by atoms with E-state index in [-0.39, 0.29) is 45.3 Å². The topological polar surface area (TPSA) is 23.9 Å². The van der Waals surface area contributed by atoms with Gasteiger partial charge in [-0.25, -0.2) is 28.2 Å². The third-order valence-corrected chi connectivity index (χ3v) is 13.4. The molecule has 0 unspecified atom stereocenters. The SMILES string of the molecule is [2H]c1c([2H])c([2H])c(N(c2c(F)ccc(-c3ccc([N+]#[C-])cc3)c2-c2ccc([N+]#[C-])cc2)c2ccc3ccc4c(N(c5c([2H])c([2H])c([2H])c([2H])c5[2H])c5c(F)ccc(-c6ccc([N+]#[C-])cc6)c5-c5ccc([N+]#[C-])cc5)ccc5ccc2c3c54)c([2H])c1[2H]. The lowest BCUT2D eigenvalue weighted by Crippen LogP contribution is -2.15. The Kier molecular flexibility index (Phi) is 9.15. The van der Waals surface area contributed by atoms with Crippen LogP contribution in [0.2, 0.25) is 0 Å². The number of benzene rings is 12. The molecule has 0 heterocycles. The molecule has 0 aliphatic carbocycles. The van der Waals surface area contributed by atoms with Crippen molar-refractivity contribution in [2.24, 2.45) is 0 Å². The highest BCUT2D eigenvalue weighted by Crippen LogP contribution is 2.53. The summed E-state index contributed by atoms with van der Waals surface area (Å²) in [4.78, 5) is 16.9. The fourth-order valence-electron chi connectivity index (χ4n) is 10.0. The van der Waals surface area contributed by atoms with E-state index >= 15 is 8.78 Å². The smallest absolute Gasteiger partial charge is 0.187 e. The molecular formula is C68H38F2N6. The zero-order chi connectivity index (χ0) is 60.6. The number of rotatable bonds is 10. The van der Waals surface area contributed by atoms with E-state index in [0.717, 1.165) is 0 Å². The van der Waals surface area contributed by atoms with Crippen LogP contribution in [0.15, 0.2) is 230 Å². The van der Waals surface area contributed by atoms with Crippen LogP contribution in [0.5, 0.6) is 0 Å². The summed E-state index contributed by atoms with van der Waals surface area (Å²) in [6, 6.07) is 38.5. The second-order valence-corrected chi connectivity index (χ2v) is 17.5. The molecule has 0 fully saturated rings. The van der Waals surface area contributed by atoms with Gasteiger partial charge in [-0.3, -0.25) is 0 Å². The Bertz CT molecular complexity index is 4640.